The van der Waals surface area contributed by atoms with E-state index in [9.17, 15) is 19.2 Å². The molecule has 3 heterocycles. The van der Waals surface area contributed by atoms with E-state index in [0.717, 1.165) is 41.4 Å². The lowest BCUT2D eigenvalue weighted by Gasteiger charge is -2.25. The maximum atomic E-state index is 12.9. The number of methoxy groups -OCH3 is 1. The molecule has 1 saturated heterocycles. The Labute approximate surface area is 195 Å². The van der Waals surface area contributed by atoms with Gasteiger partial charge in [0.2, 0.25) is 11.8 Å². The first-order valence-electron chi connectivity index (χ1n) is 10.1. The minimum atomic E-state index is -0.459. The number of imide groups is 1. The number of esters is 1. The smallest absolute Gasteiger partial charge is 0.341 e. The number of likely N-dealkylation sites (N-methyl/N-ethyl adjacent to an activating group) is 1. The van der Waals surface area contributed by atoms with Crippen LogP contribution in [-0.4, -0.2) is 48.8 Å². The van der Waals surface area contributed by atoms with E-state index >= 15 is 0 Å². The van der Waals surface area contributed by atoms with Gasteiger partial charge in [0.1, 0.15) is 5.00 Å². The second-order valence-electron chi connectivity index (χ2n) is 7.44. The van der Waals surface area contributed by atoms with Gasteiger partial charge in [-0.1, -0.05) is 6.92 Å². The fraction of sp³-hybridized carbons (Fsp3) is 0.364. The van der Waals surface area contributed by atoms with Crippen LogP contribution in [0.2, 0.25) is 0 Å². The predicted octanol–water partition coefficient (Wildman–Crippen LogP) is 3.24. The predicted molar refractivity (Wildman–Crippen MR) is 124 cm³/mol. The summed E-state index contributed by atoms with van der Waals surface area (Å²) in [6.07, 6.45) is 1.14. The maximum absolute atomic E-state index is 12.9. The van der Waals surface area contributed by atoms with E-state index in [1.54, 1.807) is 24.3 Å². The summed E-state index contributed by atoms with van der Waals surface area (Å²) in [6, 6.07) is 6.28. The van der Waals surface area contributed by atoms with Crippen molar-refractivity contribution < 1.29 is 23.9 Å². The molecule has 2 aromatic rings. The van der Waals surface area contributed by atoms with Gasteiger partial charge in [0.25, 0.3) is 5.91 Å². The third kappa shape index (κ3) is 4.41. The first-order valence-corrected chi connectivity index (χ1v) is 11.0. The summed E-state index contributed by atoms with van der Waals surface area (Å²) in [5.74, 6) is -1.31. The number of hydrogen-bond acceptors (Lipinski definition) is 7. The lowest BCUT2D eigenvalue weighted by Crippen LogP contribution is -2.30. The third-order valence-electron chi connectivity index (χ3n) is 5.64. The molecule has 3 amide bonds. The van der Waals surface area contributed by atoms with Gasteiger partial charge in [0.15, 0.2) is 0 Å². The Balaban J connectivity index is 0.00000289. The molecule has 1 aromatic carbocycles. The van der Waals surface area contributed by atoms with Crippen LogP contribution < -0.4 is 10.2 Å². The number of carbonyl (C=O) groups is 4. The quantitative estimate of drug-likeness (QED) is 0.524. The summed E-state index contributed by atoms with van der Waals surface area (Å²) in [6.45, 7) is 4.60. The van der Waals surface area contributed by atoms with Crippen LogP contribution in [0.15, 0.2) is 24.3 Å². The first kappa shape index (κ1) is 23.9. The highest BCUT2D eigenvalue weighted by Crippen LogP contribution is 2.38. The number of fused-ring (bicyclic) bond motifs is 1. The summed E-state index contributed by atoms with van der Waals surface area (Å²) in [5, 5.41) is 3.33. The summed E-state index contributed by atoms with van der Waals surface area (Å²) >= 11 is 1.40. The van der Waals surface area contributed by atoms with Crippen LogP contribution in [0.4, 0.5) is 10.7 Å². The molecule has 0 aliphatic carbocycles. The number of ether oxygens (including phenoxy) is 1. The minimum Gasteiger partial charge on any atom is -0.465 e. The Morgan fingerprint density at radius 3 is 2.34 bits per heavy atom. The Morgan fingerprint density at radius 1 is 1.09 bits per heavy atom. The van der Waals surface area contributed by atoms with Crippen molar-refractivity contribution in [1.82, 2.24) is 4.90 Å². The van der Waals surface area contributed by atoms with Crippen LogP contribution in [0.5, 0.6) is 0 Å². The van der Waals surface area contributed by atoms with Gasteiger partial charge in [-0.15, -0.1) is 23.7 Å². The number of rotatable bonds is 5. The number of anilines is 2. The molecule has 8 nitrogen and oxygen atoms in total. The Hall–Kier alpha value is -2.75. The number of thiophene rings is 1. The molecule has 1 N–H and O–H groups in total. The van der Waals surface area contributed by atoms with Gasteiger partial charge < -0.3 is 10.1 Å². The van der Waals surface area contributed by atoms with Gasteiger partial charge in [0, 0.05) is 36.4 Å². The molecule has 1 aromatic heterocycles. The normalized spacial score (nSPS) is 15.9. The van der Waals surface area contributed by atoms with Crippen molar-refractivity contribution in [2.24, 2.45) is 0 Å². The van der Waals surface area contributed by atoms with Gasteiger partial charge in [0.05, 0.1) is 18.4 Å². The zero-order valence-electron chi connectivity index (χ0n) is 17.8. The van der Waals surface area contributed by atoms with Crippen molar-refractivity contribution in [3.63, 3.8) is 0 Å². The SMILES string of the molecule is CCN1CCc2c(sc(NC(=O)c3ccc(N4C(=O)CCC4=O)cc3)c2C(=O)OC)C1.Cl. The van der Waals surface area contributed by atoms with Crippen LogP contribution >= 0.6 is 23.7 Å². The van der Waals surface area contributed by atoms with Crippen molar-refractivity contribution in [3.8, 4) is 0 Å². The average molecular weight is 478 g/mol. The van der Waals surface area contributed by atoms with Crippen molar-refractivity contribution in [2.75, 3.05) is 30.4 Å². The maximum Gasteiger partial charge on any atom is 0.341 e. The number of carbonyl (C=O) groups excluding carboxylic acids is 4. The van der Waals surface area contributed by atoms with Gasteiger partial charge in [-0.3, -0.25) is 24.2 Å². The van der Waals surface area contributed by atoms with Crippen molar-refractivity contribution in [3.05, 3.63) is 45.8 Å². The largest absolute Gasteiger partial charge is 0.465 e. The molecule has 0 bridgehead atoms. The fourth-order valence-corrected chi connectivity index (χ4v) is 5.21. The minimum absolute atomic E-state index is 0. The van der Waals surface area contributed by atoms with Crippen molar-refractivity contribution in [2.45, 2.75) is 32.7 Å². The van der Waals surface area contributed by atoms with Gasteiger partial charge in [-0.05, 0) is 42.8 Å². The van der Waals surface area contributed by atoms with Crippen molar-refractivity contribution in [1.29, 1.82) is 0 Å². The molecule has 0 radical (unpaired) electrons. The summed E-state index contributed by atoms with van der Waals surface area (Å²) in [5.41, 5.74) is 2.18. The monoisotopic (exact) mass is 477 g/mol. The lowest BCUT2D eigenvalue weighted by molar-refractivity contribution is -0.121. The Kier molecular flexibility index (Phi) is 7.33. The van der Waals surface area contributed by atoms with E-state index in [1.807, 2.05) is 0 Å². The highest BCUT2D eigenvalue weighted by atomic mass is 35.5. The zero-order valence-corrected chi connectivity index (χ0v) is 19.4. The van der Waals surface area contributed by atoms with Crippen LogP contribution in [0, 0.1) is 0 Å². The zero-order chi connectivity index (χ0) is 22.1. The van der Waals surface area contributed by atoms with Crippen LogP contribution in [0.1, 0.15) is 50.9 Å². The lowest BCUT2D eigenvalue weighted by atomic mass is 10.0. The average Bonchev–Trinajstić information content (AvgIpc) is 3.31. The summed E-state index contributed by atoms with van der Waals surface area (Å²) < 4.78 is 4.97. The number of nitrogens with zero attached hydrogens (tertiary/aromatic N) is 2. The Bertz CT molecular complexity index is 1050. The standard InChI is InChI=1S/C22H23N3O5S.ClH/c1-3-24-11-10-15-16(12-24)31-21(19(15)22(29)30-2)23-20(28)13-4-6-14(7-5-13)25-17(26)8-9-18(25)27;/h4-7H,3,8-12H2,1-2H3,(H,23,28);1H. The molecule has 2 aliphatic heterocycles. The molecule has 10 heteroatoms. The highest BCUT2D eigenvalue weighted by molar-refractivity contribution is 7.17. The molecule has 0 spiro atoms. The molecule has 32 heavy (non-hydrogen) atoms. The molecule has 4 rings (SSSR count). The third-order valence-corrected chi connectivity index (χ3v) is 6.77. The van der Waals surface area contributed by atoms with Crippen LogP contribution in [0.25, 0.3) is 0 Å². The molecule has 0 atom stereocenters. The van der Waals surface area contributed by atoms with E-state index in [1.165, 1.54) is 18.4 Å². The van der Waals surface area contributed by atoms with Crippen molar-refractivity contribution >= 4 is 58.1 Å². The molecule has 1 fully saturated rings. The number of benzene rings is 1. The number of nitrogens with one attached hydrogen (secondary N) is 1. The van der Waals surface area contributed by atoms with Gasteiger partial charge in [-0.2, -0.15) is 0 Å². The molecular weight excluding hydrogens is 454 g/mol. The second kappa shape index (κ2) is 9.81. The molecular formula is C22H24ClN3O5S. The van der Waals surface area contributed by atoms with Crippen LogP contribution in [0.3, 0.4) is 0 Å². The van der Waals surface area contributed by atoms with Gasteiger partial charge >= 0.3 is 5.97 Å². The molecule has 170 valence electrons. The topological polar surface area (TPSA) is 96.0 Å². The Morgan fingerprint density at radius 2 is 1.75 bits per heavy atom. The van der Waals surface area contributed by atoms with E-state index in [-0.39, 0.29) is 43.0 Å². The second-order valence-corrected chi connectivity index (χ2v) is 8.55. The molecule has 0 saturated carbocycles. The summed E-state index contributed by atoms with van der Waals surface area (Å²) in [4.78, 5) is 53.6. The van der Waals surface area contributed by atoms with E-state index in [2.05, 4.69) is 17.1 Å². The van der Waals surface area contributed by atoms with Crippen LogP contribution in [-0.2, 0) is 27.3 Å². The number of hydrogen-bond donors (Lipinski definition) is 1. The van der Waals surface area contributed by atoms with Gasteiger partial charge in [-0.25, -0.2) is 4.79 Å². The molecule has 2 aliphatic rings. The fourth-order valence-electron chi connectivity index (χ4n) is 3.93. The van der Waals surface area contributed by atoms with E-state index in [4.69, 9.17) is 4.74 Å². The molecule has 0 unspecified atom stereocenters. The van der Waals surface area contributed by atoms with E-state index in [0.29, 0.717) is 21.8 Å². The van der Waals surface area contributed by atoms with E-state index < -0.39 is 5.97 Å². The number of amides is 3. The number of halogens is 1. The highest BCUT2D eigenvalue weighted by Gasteiger charge is 2.31. The first-order chi connectivity index (χ1) is 14.9. The summed E-state index contributed by atoms with van der Waals surface area (Å²) in [7, 11) is 1.33.